The first-order chi connectivity index (χ1) is 11.2. The molecule has 0 aliphatic heterocycles. The van der Waals surface area contributed by atoms with Crippen molar-refractivity contribution in [2.24, 2.45) is 0 Å². The Hall–Kier alpha value is -2.21. The maximum atomic E-state index is 13.9. The minimum Gasteiger partial charge on any atom is -0.354 e. The number of sulfone groups is 1. The van der Waals surface area contributed by atoms with Crippen LogP contribution in [-0.2, 0) is 20.0 Å². The van der Waals surface area contributed by atoms with Crippen LogP contribution < -0.4 is 5.32 Å². The SMILES string of the molecule is CC(C)(C(=O)NCCS(=O)(=O)c1ccccc1)c1ccccc1F. The van der Waals surface area contributed by atoms with Gasteiger partial charge in [0, 0.05) is 12.1 Å². The number of rotatable bonds is 6. The minimum absolute atomic E-state index is 0.0338. The van der Waals surface area contributed by atoms with Crippen molar-refractivity contribution in [3.63, 3.8) is 0 Å². The molecule has 0 saturated carbocycles. The Balaban J connectivity index is 2.02. The van der Waals surface area contributed by atoms with Crippen LogP contribution in [-0.4, -0.2) is 26.6 Å². The smallest absolute Gasteiger partial charge is 0.230 e. The van der Waals surface area contributed by atoms with Crippen LogP contribution in [0, 0.1) is 5.82 Å². The van der Waals surface area contributed by atoms with Gasteiger partial charge in [-0.3, -0.25) is 4.79 Å². The van der Waals surface area contributed by atoms with Gasteiger partial charge in [-0.2, -0.15) is 0 Å². The van der Waals surface area contributed by atoms with Gasteiger partial charge in [-0.25, -0.2) is 12.8 Å². The third-order valence-electron chi connectivity index (χ3n) is 3.87. The van der Waals surface area contributed by atoms with Gasteiger partial charge in [-0.1, -0.05) is 36.4 Å². The summed E-state index contributed by atoms with van der Waals surface area (Å²) in [6.45, 7) is 3.17. The lowest BCUT2D eigenvalue weighted by atomic mass is 9.83. The van der Waals surface area contributed by atoms with Crippen LogP contribution >= 0.6 is 0 Å². The van der Waals surface area contributed by atoms with Crippen molar-refractivity contribution in [3.05, 3.63) is 66.0 Å². The summed E-state index contributed by atoms with van der Waals surface area (Å²) in [5.41, 5.74) is -0.824. The third kappa shape index (κ3) is 4.00. The van der Waals surface area contributed by atoms with Crippen molar-refractivity contribution >= 4 is 15.7 Å². The molecule has 24 heavy (non-hydrogen) atoms. The highest BCUT2D eigenvalue weighted by atomic mass is 32.2. The highest BCUT2D eigenvalue weighted by Crippen LogP contribution is 2.25. The van der Waals surface area contributed by atoms with E-state index in [1.54, 1.807) is 50.2 Å². The molecular formula is C18H20FNO3S. The average molecular weight is 349 g/mol. The first-order valence-corrected chi connectivity index (χ1v) is 9.21. The van der Waals surface area contributed by atoms with Crippen molar-refractivity contribution in [1.82, 2.24) is 5.32 Å². The fourth-order valence-electron chi connectivity index (χ4n) is 2.36. The number of amides is 1. The molecule has 1 amide bonds. The van der Waals surface area contributed by atoms with E-state index in [2.05, 4.69) is 5.32 Å². The zero-order valence-corrected chi connectivity index (χ0v) is 14.4. The van der Waals surface area contributed by atoms with Crippen LogP contribution in [0.25, 0.3) is 0 Å². The molecule has 0 heterocycles. The van der Waals surface area contributed by atoms with Crippen molar-refractivity contribution in [3.8, 4) is 0 Å². The van der Waals surface area contributed by atoms with E-state index in [1.807, 2.05) is 0 Å². The number of benzene rings is 2. The third-order valence-corrected chi connectivity index (χ3v) is 5.61. The number of halogens is 1. The number of carbonyl (C=O) groups is 1. The summed E-state index contributed by atoms with van der Waals surface area (Å²) < 4.78 is 38.3. The molecule has 0 unspecified atom stereocenters. The van der Waals surface area contributed by atoms with Gasteiger partial charge in [0.1, 0.15) is 5.82 Å². The molecule has 0 spiro atoms. The largest absolute Gasteiger partial charge is 0.354 e. The van der Waals surface area contributed by atoms with Crippen molar-refractivity contribution in [2.45, 2.75) is 24.2 Å². The molecule has 2 aromatic carbocycles. The van der Waals surface area contributed by atoms with E-state index >= 15 is 0 Å². The molecule has 2 rings (SSSR count). The minimum atomic E-state index is -3.46. The van der Waals surface area contributed by atoms with E-state index in [1.165, 1.54) is 18.2 Å². The van der Waals surface area contributed by atoms with Crippen LogP contribution in [0.15, 0.2) is 59.5 Å². The van der Waals surface area contributed by atoms with Gasteiger partial charge in [-0.05, 0) is 32.0 Å². The topological polar surface area (TPSA) is 63.2 Å². The molecular weight excluding hydrogens is 329 g/mol. The Morgan fingerprint density at radius 2 is 1.62 bits per heavy atom. The molecule has 0 bridgehead atoms. The summed E-state index contributed by atoms with van der Waals surface area (Å²) in [6, 6.07) is 14.1. The summed E-state index contributed by atoms with van der Waals surface area (Å²) in [5.74, 6) is -1.10. The highest BCUT2D eigenvalue weighted by Gasteiger charge is 2.32. The molecule has 128 valence electrons. The summed E-state index contributed by atoms with van der Waals surface area (Å²) in [7, 11) is -3.46. The van der Waals surface area contributed by atoms with E-state index in [4.69, 9.17) is 0 Å². The van der Waals surface area contributed by atoms with Crippen molar-refractivity contribution in [1.29, 1.82) is 0 Å². The number of hydrogen-bond acceptors (Lipinski definition) is 3. The van der Waals surface area contributed by atoms with Crippen LogP contribution in [0.4, 0.5) is 4.39 Å². The molecule has 0 aliphatic rings. The molecule has 0 radical (unpaired) electrons. The Bertz CT molecular complexity index is 817. The van der Waals surface area contributed by atoms with Crippen LogP contribution in [0.5, 0.6) is 0 Å². The summed E-state index contributed by atoms with van der Waals surface area (Å²) in [6.07, 6.45) is 0. The Morgan fingerprint density at radius 1 is 1.04 bits per heavy atom. The highest BCUT2D eigenvalue weighted by molar-refractivity contribution is 7.91. The van der Waals surface area contributed by atoms with Crippen molar-refractivity contribution < 1.29 is 17.6 Å². The summed E-state index contributed by atoms with van der Waals surface area (Å²) in [4.78, 5) is 12.6. The standard InChI is InChI=1S/C18H20FNO3S/c1-18(2,15-10-6-7-11-16(15)19)17(21)20-12-13-24(22,23)14-8-4-3-5-9-14/h3-11H,12-13H2,1-2H3,(H,20,21). The number of nitrogens with one attached hydrogen (secondary N) is 1. The molecule has 6 heteroatoms. The predicted molar refractivity (Wildman–Crippen MR) is 90.9 cm³/mol. The lowest BCUT2D eigenvalue weighted by molar-refractivity contribution is -0.125. The quantitative estimate of drug-likeness (QED) is 0.872. The zero-order valence-electron chi connectivity index (χ0n) is 13.6. The van der Waals surface area contributed by atoms with Crippen LogP contribution in [0.2, 0.25) is 0 Å². The Kier molecular flexibility index (Phi) is 5.39. The number of hydrogen-bond donors (Lipinski definition) is 1. The van der Waals surface area contributed by atoms with E-state index in [0.717, 1.165) is 0 Å². The molecule has 0 atom stereocenters. The fraction of sp³-hybridized carbons (Fsp3) is 0.278. The number of carbonyl (C=O) groups excluding carboxylic acids is 1. The molecule has 2 aromatic rings. The maximum Gasteiger partial charge on any atom is 0.230 e. The first kappa shape index (κ1) is 18.1. The summed E-state index contributed by atoms with van der Waals surface area (Å²) >= 11 is 0. The van der Waals surface area contributed by atoms with E-state index in [9.17, 15) is 17.6 Å². The second kappa shape index (κ2) is 7.13. The monoisotopic (exact) mass is 349 g/mol. The predicted octanol–water partition coefficient (Wildman–Crippen LogP) is 2.69. The molecule has 0 saturated heterocycles. The molecule has 0 aliphatic carbocycles. The zero-order chi connectivity index (χ0) is 17.8. The second-order valence-electron chi connectivity index (χ2n) is 5.99. The van der Waals surface area contributed by atoms with Gasteiger partial charge in [0.25, 0.3) is 0 Å². The lowest BCUT2D eigenvalue weighted by Crippen LogP contribution is -2.42. The van der Waals surface area contributed by atoms with Gasteiger partial charge in [0.05, 0.1) is 16.1 Å². The Morgan fingerprint density at radius 3 is 2.25 bits per heavy atom. The van der Waals surface area contributed by atoms with Gasteiger partial charge >= 0.3 is 0 Å². The van der Waals surface area contributed by atoms with Gasteiger partial charge in [-0.15, -0.1) is 0 Å². The van der Waals surface area contributed by atoms with E-state index < -0.39 is 27.0 Å². The molecule has 4 nitrogen and oxygen atoms in total. The Labute approximate surface area is 141 Å². The fourth-order valence-corrected chi connectivity index (χ4v) is 3.53. The van der Waals surface area contributed by atoms with Gasteiger partial charge < -0.3 is 5.32 Å². The molecule has 0 aromatic heterocycles. The first-order valence-electron chi connectivity index (χ1n) is 7.56. The maximum absolute atomic E-state index is 13.9. The van der Waals surface area contributed by atoms with Gasteiger partial charge in [0.15, 0.2) is 9.84 Å². The average Bonchev–Trinajstić information content (AvgIpc) is 2.55. The summed E-state index contributed by atoms with van der Waals surface area (Å²) in [5, 5.41) is 2.59. The molecule has 0 fully saturated rings. The van der Waals surface area contributed by atoms with Crippen molar-refractivity contribution in [2.75, 3.05) is 12.3 Å². The van der Waals surface area contributed by atoms with Crippen LogP contribution in [0.3, 0.4) is 0 Å². The molecule has 1 N–H and O–H groups in total. The van der Waals surface area contributed by atoms with Gasteiger partial charge in [0.2, 0.25) is 5.91 Å². The lowest BCUT2D eigenvalue weighted by Gasteiger charge is -2.24. The normalized spacial score (nSPS) is 12.0. The van der Waals surface area contributed by atoms with E-state index in [-0.39, 0.29) is 22.8 Å². The van der Waals surface area contributed by atoms with Crippen LogP contribution in [0.1, 0.15) is 19.4 Å². The second-order valence-corrected chi connectivity index (χ2v) is 8.10. The van der Waals surface area contributed by atoms with E-state index in [0.29, 0.717) is 0 Å².